The molecule has 1 unspecified atom stereocenters. The van der Waals surface area contributed by atoms with E-state index < -0.39 is 5.97 Å². The molecule has 2 heterocycles. The number of likely N-dealkylation sites (tertiary alicyclic amines) is 1. The lowest BCUT2D eigenvalue weighted by molar-refractivity contribution is -0.142. The van der Waals surface area contributed by atoms with Crippen LogP contribution in [0.15, 0.2) is 17.0 Å². The summed E-state index contributed by atoms with van der Waals surface area (Å²) in [6, 6.07) is -0.343. The van der Waals surface area contributed by atoms with Gasteiger partial charge in [0.15, 0.2) is 0 Å². The van der Waals surface area contributed by atoms with E-state index in [1.165, 1.54) is 0 Å². The molecule has 76 valence electrons. The number of carboxylic acid groups (broad SMARTS) is 1. The highest BCUT2D eigenvalue weighted by atomic mass is 16.5. The van der Waals surface area contributed by atoms with Gasteiger partial charge in [0.25, 0.3) is 0 Å². The minimum Gasteiger partial charge on any atom is -0.480 e. The molecule has 0 aromatic carbocycles. The summed E-state index contributed by atoms with van der Waals surface area (Å²) >= 11 is 0. The fraction of sp³-hybridized carbons (Fsp3) is 0.556. The minimum absolute atomic E-state index is 0.343. The first-order chi connectivity index (χ1) is 6.77. The van der Waals surface area contributed by atoms with Crippen LogP contribution in [0.5, 0.6) is 0 Å². The smallest absolute Gasteiger partial charge is 0.320 e. The zero-order valence-corrected chi connectivity index (χ0v) is 7.72. The third-order valence-corrected chi connectivity index (χ3v) is 2.52. The fourth-order valence-electron chi connectivity index (χ4n) is 1.83. The molecule has 5 nitrogen and oxygen atoms in total. The highest BCUT2D eigenvalue weighted by Gasteiger charge is 2.30. The van der Waals surface area contributed by atoms with E-state index in [0.29, 0.717) is 6.54 Å². The highest BCUT2D eigenvalue weighted by molar-refractivity contribution is 5.73. The van der Waals surface area contributed by atoms with Gasteiger partial charge in [0.05, 0.1) is 6.20 Å². The molecule has 1 aromatic heterocycles. The number of rotatable bonds is 3. The maximum Gasteiger partial charge on any atom is 0.320 e. The standard InChI is InChI=1S/C9H12N2O3/c12-9(13)8-2-1-3-11(8)5-7-4-10-14-6-7/h4,6,8H,1-3,5H2,(H,12,13). The molecular weight excluding hydrogens is 184 g/mol. The molecule has 0 bridgehead atoms. The number of carboxylic acids is 1. The van der Waals surface area contributed by atoms with Crippen molar-refractivity contribution in [2.75, 3.05) is 6.54 Å². The second-order valence-corrected chi connectivity index (χ2v) is 3.50. The Morgan fingerprint density at radius 2 is 2.64 bits per heavy atom. The summed E-state index contributed by atoms with van der Waals surface area (Å²) in [4.78, 5) is 12.8. The van der Waals surface area contributed by atoms with E-state index in [-0.39, 0.29) is 6.04 Å². The van der Waals surface area contributed by atoms with Gasteiger partial charge in [0, 0.05) is 12.1 Å². The molecule has 14 heavy (non-hydrogen) atoms. The Morgan fingerprint density at radius 1 is 1.79 bits per heavy atom. The summed E-state index contributed by atoms with van der Waals surface area (Å²) in [5.41, 5.74) is 0.929. The number of aliphatic carboxylic acids is 1. The van der Waals surface area contributed by atoms with Crippen LogP contribution < -0.4 is 0 Å². The van der Waals surface area contributed by atoms with Gasteiger partial charge >= 0.3 is 5.97 Å². The summed E-state index contributed by atoms with van der Waals surface area (Å²) in [6.07, 6.45) is 4.86. The Balaban J connectivity index is 2.00. The average Bonchev–Trinajstić information content (AvgIpc) is 2.75. The Morgan fingerprint density at radius 3 is 3.29 bits per heavy atom. The van der Waals surface area contributed by atoms with Crippen LogP contribution in [0.25, 0.3) is 0 Å². The molecule has 5 heteroatoms. The first-order valence-corrected chi connectivity index (χ1v) is 4.62. The van der Waals surface area contributed by atoms with Gasteiger partial charge < -0.3 is 9.63 Å². The normalized spacial score (nSPS) is 22.7. The zero-order valence-electron chi connectivity index (χ0n) is 7.72. The van der Waals surface area contributed by atoms with Gasteiger partial charge in [-0.25, -0.2) is 0 Å². The van der Waals surface area contributed by atoms with Gasteiger partial charge in [0.2, 0.25) is 0 Å². The van der Waals surface area contributed by atoms with Crippen molar-refractivity contribution in [2.24, 2.45) is 0 Å². The van der Waals surface area contributed by atoms with Gasteiger partial charge in [-0.1, -0.05) is 5.16 Å². The molecule has 1 aromatic rings. The molecule has 1 saturated heterocycles. The third kappa shape index (κ3) is 1.77. The molecule has 2 rings (SSSR count). The summed E-state index contributed by atoms with van der Waals surface area (Å²) in [7, 11) is 0. The van der Waals surface area contributed by atoms with Crippen LogP contribution in [0.1, 0.15) is 18.4 Å². The van der Waals surface area contributed by atoms with E-state index in [1.807, 2.05) is 4.90 Å². The van der Waals surface area contributed by atoms with Gasteiger partial charge in [-0.15, -0.1) is 0 Å². The predicted octanol–water partition coefficient (Wildman–Crippen LogP) is 0.724. The van der Waals surface area contributed by atoms with Crippen LogP contribution in [0.3, 0.4) is 0 Å². The number of carbonyl (C=O) groups is 1. The third-order valence-electron chi connectivity index (χ3n) is 2.52. The lowest BCUT2D eigenvalue weighted by atomic mass is 10.2. The van der Waals surface area contributed by atoms with E-state index in [2.05, 4.69) is 5.16 Å². The minimum atomic E-state index is -0.737. The van der Waals surface area contributed by atoms with Crippen molar-refractivity contribution in [1.82, 2.24) is 10.1 Å². The van der Waals surface area contributed by atoms with Gasteiger partial charge in [-0.2, -0.15) is 0 Å². The second kappa shape index (κ2) is 3.79. The van der Waals surface area contributed by atoms with Crippen LogP contribution >= 0.6 is 0 Å². The molecule has 0 saturated carbocycles. The van der Waals surface area contributed by atoms with E-state index >= 15 is 0 Å². The predicted molar refractivity (Wildman–Crippen MR) is 47.6 cm³/mol. The molecule has 1 aliphatic heterocycles. The average molecular weight is 196 g/mol. The van der Waals surface area contributed by atoms with Crippen LogP contribution in [-0.2, 0) is 11.3 Å². The molecule has 1 fully saturated rings. The van der Waals surface area contributed by atoms with Gasteiger partial charge in [0.1, 0.15) is 12.3 Å². The Labute approximate surface area is 81.3 Å². The van der Waals surface area contributed by atoms with Crippen molar-refractivity contribution in [3.8, 4) is 0 Å². The number of hydrogen-bond donors (Lipinski definition) is 1. The lowest BCUT2D eigenvalue weighted by Gasteiger charge is -2.19. The van der Waals surface area contributed by atoms with Crippen LogP contribution in [-0.4, -0.2) is 33.7 Å². The molecule has 1 atom stereocenters. The summed E-state index contributed by atoms with van der Waals surface area (Å²) in [5, 5.41) is 12.5. The Kier molecular flexibility index (Phi) is 2.49. The number of aromatic nitrogens is 1. The van der Waals surface area contributed by atoms with E-state index in [1.54, 1.807) is 12.5 Å². The monoisotopic (exact) mass is 196 g/mol. The maximum absolute atomic E-state index is 10.9. The van der Waals surface area contributed by atoms with Crippen molar-refractivity contribution in [3.63, 3.8) is 0 Å². The summed E-state index contributed by atoms with van der Waals surface area (Å²) in [6.45, 7) is 1.45. The van der Waals surface area contributed by atoms with Crippen LogP contribution in [0, 0.1) is 0 Å². The van der Waals surface area contributed by atoms with Crippen molar-refractivity contribution in [1.29, 1.82) is 0 Å². The van der Waals surface area contributed by atoms with E-state index in [9.17, 15) is 4.79 Å². The van der Waals surface area contributed by atoms with Gasteiger partial charge in [-0.3, -0.25) is 9.69 Å². The molecule has 0 radical (unpaired) electrons. The van der Waals surface area contributed by atoms with Crippen LogP contribution in [0.4, 0.5) is 0 Å². The molecule has 0 aliphatic carbocycles. The highest BCUT2D eigenvalue weighted by Crippen LogP contribution is 2.19. The Hall–Kier alpha value is -1.36. The van der Waals surface area contributed by atoms with E-state index in [0.717, 1.165) is 24.9 Å². The SMILES string of the molecule is O=C(O)C1CCCN1Cc1cnoc1. The first kappa shape index (κ1) is 9.21. The molecular formula is C9H12N2O3. The zero-order chi connectivity index (χ0) is 9.97. The summed E-state index contributed by atoms with van der Waals surface area (Å²) < 4.78 is 4.70. The molecule has 1 N–H and O–H groups in total. The van der Waals surface area contributed by atoms with Crippen molar-refractivity contribution in [2.45, 2.75) is 25.4 Å². The molecule has 1 aliphatic rings. The topological polar surface area (TPSA) is 66.6 Å². The Bertz CT molecular complexity index is 310. The number of hydrogen-bond acceptors (Lipinski definition) is 4. The quantitative estimate of drug-likeness (QED) is 0.771. The number of nitrogens with zero attached hydrogens (tertiary/aromatic N) is 2. The molecule has 0 spiro atoms. The van der Waals surface area contributed by atoms with Crippen LogP contribution in [0.2, 0.25) is 0 Å². The largest absolute Gasteiger partial charge is 0.480 e. The van der Waals surface area contributed by atoms with Crippen molar-refractivity contribution in [3.05, 3.63) is 18.0 Å². The van der Waals surface area contributed by atoms with Crippen molar-refractivity contribution >= 4 is 5.97 Å². The van der Waals surface area contributed by atoms with Gasteiger partial charge in [-0.05, 0) is 19.4 Å². The first-order valence-electron chi connectivity index (χ1n) is 4.62. The summed E-state index contributed by atoms with van der Waals surface area (Å²) in [5.74, 6) is -0.737. The molecule has 0 amide bonds. The second-order valence-electron chi connectivity index (χ2n) is 3.50. The van der Waals surface area contributed by atoms with E-state index in [4.69, 9.17) is 9.63 Å². The van der Waals surface area contributed by atoms with Crippen molar-refractivity contribution < 1.29 is 14.4 Å². The lowest BCUT2D eigenvalue weighted by Crippen LogP contribution is -2.35. The fourth-order valence-corrected chi connectivity index (χ4v) is 1.83. The maximum atomic E-state index is 10.9.